The lowest BCUT2D eigenvalue weighted by Crippen LogP contribution is -2.62. The Labute approximate surface area is 256 Å². The summed E-state index contributed by atoms with van der Waals surface area (Å²) >= 11 is 0. The molecule has 9 heteroatoms. The fraction of sp³-hybridized carbons (Fsp3) is 0.457. The third-order valence-corrected chi connectivity index (χ3v) is 10.3. The molecule has 9 nitrogen and oxygen atoms in total. The maximum absolute atomic E-state index is 14.2. The van der Waals surface area contributed by atoms with Crippen molar-refractivity contribution in [2.45, 2.75) is 65.0 Å². The molecule has 44 heavy (non-hydrogen) atoms. The van der Waals surface area contributed by atoms with Gasteiger partial charge in [-0.2, -0.15) is 0 Å². The number of aromatic hydroxyl groups is 1. The van der Waals surface area contributed by atoms with Gasteiger partial charge < -0.3 is 26.2 Å². The van der Waals surface area contributed by atoms with E-state index in [0.29, 0.717) is 5.56 Å². The van der Waals surface area contributed by atoms with Gasteiger partial charge in [0.05, 0.1) is 5.56 Å². The number of rotatable bonds is 6. The zero-order chi connectivity index (χ0) is 31.7. The molecule has 1 saturated heterocycles. The van der Waals surface area contributed by atoms with E-state index in [9.17, 15) is 34.8 Å². The molecule has 2 aromatic rings. The van der Waals surface area contributed by atoms with E-state index in [-0.39, 0.29) is 35.6 Å². The average Bonchev–Trinajstić information content (AvgIpc) is 3.48. The summed E-state index contributed by atoms with van der Waals surface area (Å²) in [6, 6.07) is 9.79. The molecule has 3 aliphatic carbocycles. The number of aliphatic hydroxyl groups excluding tert-OH is 2. The van der Waals surface area contributed by atoms with E-state index in [1.807, 2.05) is 6.07 Å². The van der Waals surface area contributed by atoms with Crippen molar-refractivity contribution < 1.29 is 34.8 Å². The molecular weight excluding hydrogens is 560 g/mol. The van der Waals surface area contributed by atoms with Crippen molar-refractivity contribution in [1.29, 1.82) is 0 Å². The van der Waals surface area contributed by atoms with Crippen LogP contribution in [-0.4, -0.2) is 61.5 Å². The number of benzene rings is 2. The number of likely N-dealkylation sites (tertiary alicyclic amines) is 1. The Hall–Kier alpha value is -3.95. The second kappa shape index (κ2) is 10.9. The Bertz CT molecular complexity index is 1650. The summed E-state index contributed by atoms with van der Waals surface area (Å²) in [6.07, 6.45) is 3.51. The normalized spacial score (nSPS) is 27.1. The van der Waals surface area contributed by atoms with Crippen molar-refractivity contribution in [3.8, 4) is 16.9 Å². The van der Waals surface area contributed by atoms with E-state index in [1.54, 1.807) is 13.8 Å². The Morgan fingerprint density at radius 2 is 1.77 bits per heavy atom. The Balaban J connectivity index is 1.51. The maximum atomic E-state index is 14.2. The van der Waals surface area contributed by atoms with Crippen LogP contribution in [0.15, 0.2) is 47.2 Å². The maximum Gasteiger partial charge on any atom is 0.255 e. The Kier molecular flexibility index (Phi) is 7.45. The molecule has 4 atom stereocenters. The number of carbonyl (C=O) groups is 3. The van der Waals surface area contributed by atoms with Crippen LogP contribution in [0.4, 0.5) is 0 Å². The summed E-state index contributed by atoms with van der Waals surface area (Å²) in [5.74, 6) is -7.62. The van der Waals surface area contributed by atoms with Gasteiger partial charge in [-0.1, -0.05) is 39.0 Å². The number of primary amides is 1. The second-order valence-electron chi connectivity index (χ2n) is 13.1. The number of aliphatic hydroxyl groups is 3. The van der Waals surface area contributed by atoms with Crippen molar-refractivity contribution >= 4 is 23.2 Å². The van der Waals surface area contributed by atoms with Crippen LogP contribution in [0.25, 0.3) is 16.9 Å². The van der Waals surface area contributed by atoms with E-state index < -0.39 is 57.9 Å². The SMILES string of the molecule is CCc1ccc(CN2CCCC2)cc1-c1ccc(O)c2c1C[C@H]1C[C@H]3[C@H](C(C)C)C(=O)C(C(N)=O)=C(O)[C@@]3(O)C(=O)C1=C2O. The number of hydrogen-bond acceptors (Lipinski definition) is 8. The number of hydrogen-bond donors (Lipinski definition) is 5. The van der Waals surface area contributed by atoms with Crippen LogP contribution < -0.4 is 5.73 Å². The van der Waals surface area contributed by atoms with Gasteiger partial charge in [0.2, 0.25) is 5.78 Å². The first kappa shape index (κ1) is 30.1. The first-order valence-electron chi connectivity index (χ1n) is 15.6. The summed E-state index contributed by atoms with van der Waals surface area (Å²) in [5.41, 5.74) is 6.82. The van der Waals surface area contributed by atoms with E-state index in [1.165, 1.54) is 24.5 Å². The second-order valence-corrected chi connectivity index (χ2v) is 13.1. The molecule has 1 aliphatic heterocycles. The van der Waals surface area contributed by atoms with Crippen LogP contribution in [0.1, 0.15) is 62.3 Å². The van der Waals surface area contributed by atoms with Gasteiger partial charge in [0.25, 0.3) is 5.91 Å². The topological polar surface area (TPSA) is 161 Å². The molecule has 0 radical (unpaired) electrons. The van der Waals surface area contributed by atoms with Gasteiger partial charge in [-0.25, -0.2) is 0 Å². The summed E-state index contributed by atoms with van der Waals surface area (Å²) in [7, 11) is 0. The van der Waals surface area contributed by atoms with Crippen LogP contribution >= 0.6 is 0 Å². The molecule has 6 rings (SSSR count). The molecule has 1 saturated carbocycles. The predicted molar refractivity (Wildman–Crippen MR) is 164 cm³/mol. The summed E-state index contributed by atoms with van der Waals surface area (Å²) in [4.78, 5) is 42.2. The van der Waals surface area contributed by atoms with Crippen molar-refractivity contribution in [3.63, 3.8) is 0 Å². The van der Waals surface area contributed by atoms with E-state index >= 15 is 0 Å². The molecule has 232 valence electrons. The van der Waals surface area contributed by atoms with Crippen LogP contribution in [0.3, 0.4) is 0 Å². The van der Waals surface area contributed by atoms with Crippen LogP contribution in [0, 0.1) is 23.7 Å². The van der Waals surface area contributed by atoms with Crippen molar-refractivity contribution in [1.82, 2.24) is 4.90 Å². The number of carbonyl (C=O) groups excluding carboxylic acids is 3. The van der Waals surface area contributed by atoms with Gasteiger partial charge in [0, 0.05) is 24.0 Å². The van der Waals surface area contributed by atoms with Gasteiger partial charge in [-0.05, 0) is 97.0 Å². The molecule has 1 amide bonds. The third-order valence-electron chi connectivity index (χ3n) is 10.3. The quantitative estimate of drug-likeness (QED) is 0.309. The molecule has 0 unspecified atom stereocenters. The molecular formula is C35H40N2O7. The number of Topliss-reactive ketones (excluding diaryl/α,β-unsaturated/α-hetero) is 2. The lowest BCUT2D eigenvalue weighted by molar-refractivity contribution is -0.155. The van der Waals surface area contributed by atoms with E-state index in [2.05, 4.69) is 30.0 Å². The Morgan fingerprint density at radius 1 is 1.07 bits per heavy atom. The summed E-state index contributed by atoms with van der Waals surface area (Å²) in [5, 5.41) is 45.6. The minimum atomic E-state index is -2.61. The highest BCUT2D eigenvalue weighted by Crippen LogP contribution is 2.55. The highest BCUT2D eigenvalue weighted by molar-refractivity contribution is 6.23. The molecule has 1 heterocycles. The monoisotopic (exact) mass is 600 g/mol. The number of fused-ring (bicyclic) bond motifs is 3. The zero-order valence-electron chi connectivity index (χ0n) is 25.4. The van der Waals surface area contributed by atoms with Gasteiger partial charge in [-0.15, -0.1) is 0 Å². The fourth-order valence-electron chi connectivity index (χ4n) is 8.22. The molecule has 0 spiro atoms. The highest BCUT2D eigenvalue weighted by atomic mass is 16.3. The average molecular weight is 601 g/mol. The van der Waals surface area contributed by atoms with Crippen molar-refractivity contribution in [3.05, 3.63) is 69.5 Å². The first-order valence-corrected chi connectivity index (χ1v) is 15.6. The van der Waals surface area contributed by atoms with E-state index in [4.69, 9.17) is 5.73 Å². The Morgan fingerprint density at radius 3 is 2.41 bits per heavy atom. The third kappa shape index (κ3) is 4.39. The fourth-order valence-corrected chi connectivity index (χ4v) is 8.22. The lowest BCUT2D eigenvalue weighted by atomic mass is 9.54. The summed E-state index contributed by atoms with van der Waals surface area (Å²) < 4.78 is 0. The smallest absolute Gasteiger partial charge is 0.255 e. The molecule has 4 aliphatic rings. The van der Waals surface area contributed by atoms with E-state index in [0.717, 1.165) is 42.7 Å². The number of nitrogens with two attached hydrogens (primary N) is 1. The van der Waals surface area contributed by atoms with Gasteiger partial charge in [0.1, 0.15) is 22.8 Å². The predicted octanol–water partition coefficient (Wildman–Crippen LogP) is 4.13. The largest absolute Gasteiger partial charge is 0.508 e. The first-order chi connectivity index (χ1) is 20.9. The van der Waals surface area contributed by atoms with Crippen LogP contribution in [0.5, 0.6) is 5.75 Å². The van der Waals surface area contributed by atoms with Gasteiger partial charge in [0.15, 0.2) is 11.4 Å². The molecule has 0 aromatic heterocycles. The number of amides is 1. The minimum Gasteiger partial charge on any atom is -0.508 e. The lowest BCUT2D eigenvalue weighted by Gasteiger charge is -2.50. The molecule has 6 N–H and O–H groups in total. The number of phenols is 1. The van der Waals surface area contributed by atoms with Crippen LogP contribution in [0.2, 0.25) is 0 Å². The van der Waals surface area contributed by atoms with Crippen molar-refractivity contribution in [2.24, 2.45) is 29.4 Å². The number of aryl methyl sites for hydroxylation is 1. The zero-order valence-corrected chi connectivity index (χ0v) is 25.4. The number of nitrogens with zero attached hydrogens (tertiary/aromatic N) is 1. The minimum absolute atomic E-state index is 0.0937. The number of ketones is 2. The van der Waals surface area contributed by atoms with Crippen LogP contribution in [-0.2, 0) is 33.8 Å². The van der Waals surface area contributed by atoms with Crippen molar-refractivity contribution in [2.75, 3.05) is 13.1 Å². The van der Waals surface area contributed by atoms with Gasteiger partial charge >= 0.3 is 0 Å². The summed E-state index contributed by atoms with van der Waals surface area (Å²) in [6.45, 7) is 8.55. The molecule has 2 fully saturated rings. The molecule has 2 aromatic carbocycles. The number of phenolic OH excluding ortho intramolecular Hbond substituents is 1. The highest BCUT2D eigenvalue weighted by Gasteiger charge is 2.64. The standard InChI is InChI=1S/C35H40N2O7/c1-4-19-8-7-18(16-37-11-5-6-12-37)13-22(19)21-9-10-25(38)28-23(21)14-20-15-24-26(17(2)3)30(39)29(34(36)43)33(42)35(24,44)32(41)27(20)31(28)40/h7-10,13,17,20,24,26,38,40,42,44H,4-6,11-12,14-16H2,1-3H3,(H2,36,43)/t20-,24-,26-,35-/m0/s1. The molecule has 0 bridgehead atoms. The van der Waals surface area contributed by atoms with Gasteiger partial charge in [-0.3, -0.25) is 19.3 Å².